The molecular weight excluding hydrogens is 230 g/mol. The Hall–Kier alpha value is -2.43. The van der Waals surface area contributed by atoms with Gasteiger partial charge < -0.3 is 9.09 Å². The van der Waals surface area contributed by atoms with Crippen molar-refractivity contribution in [3.63, 3.8) is 0 Å². The average molecular weight is 241 g/mol. The first-order valence-electron chi connectivity index (χ1n) is 5.60. The summed E-state index contributed by atoms with van der Waals surface area (Å²) in [6.45, 7) is 2.24. The molecule has 0 aliphatic heterocycles. The second-order valence-corrected chi connectivity index (χ2v) is 4.08. The van der Waals surface area contributed by atoms with Crippen molar-refractivity contribution in [1.29, 1.82) is 0 Å². The number of rotatable bonds is 3. The molecule has 0 aliphatic rings. The summed E-state index contributed by atoms with van der Waals surface area (Å²) in [5, 5.41) is 4.89. The molecule has 0 atom stereocenters. The smallest absolute Gasteiger partial charge is 0.223 e. The Balaban J connectivity index is 2.09. The van der Waals surface area contributed by atoms with Crippen LogP contribution in [-0.4, -0.2) is 21.0 Å². The summed E-state index contributed by atoms with van der Waals surface area (Å²) in [7, 11) is 0. The third-order valence-corrected chi connectivity index (χ3v) is 2.83. The van der Waals surface area contributed by atoms with Crippen molar-refractivity contribution in [2.75, 3.05) is 0 Å². The van der Waals surface area contributed by atoms with E-state index in [4.69, 9.17) is 4.52 Å². The Kier molecular flexibility index (Phi) is 2.44. The Bertz CT molecular complexity index is 712. The van der Waals surface area contributed by atoms with Gasteiger partial charge in [-0.3, -0.25) is 4.79 Å². The summed E-state index contributed by atoms with van der Waals surface area (Å²) in [4.78, 5) is 15.2. The predicted molar refractivity (Wildman–Crippen MR) is 65.5 cm³/mol. The lowest BCUT2D eigenvalue weighted by Gasteiger charge is -2.03. The van der Waals surface area contributed by atoms with Gasteiger partial charge >= 0.3 is 0 Å². The van der Waals surface area contributed by atoms with Crippen LogP contribution >= 0.6 is 0 Å². The van der Waals surface area contributed by atoms with Gasteiger partial charge in [-0.05, 0) is 12.1 Å². The molecular formula is C13H11N3O2. The monoisotopic (exact) mass is 241 g/mol. The minimum Gasteiger partial charge on any atom is -0.340 e. The van der Waals surface area contributed by atoms with E-state index in [0.29, 0.717) is 23.8 Å². The molecule has 0 spiro atoms. The van der Waals surface area contributed by atoms with E-state index in [2.05, 4.69) is 10.1 Å². The molecule has 0 radical (unpaired) electrons. The van der Waals surface area contributed by atoms with Gasteiger partial charge in [0, 0.05) is 24.1 Å². The molecule has 90 valence electrons. The summed E-state index contributed by atoms with van der Waals surface area (Å²) < 4.78 is 6.89. The molecule has 0 unspecified atom stereocenters. The van der Waals surface area contributed by atoms with Crippen molar-refractivity contribution in [2.24, 2.45) is 0 Å². The fourth-order valence-corrected chi connectivity index (χ4v) is 2.08. The highest BCUT2D eigenvalue weighted by Crippen LogP contribution is 2.19. The van der Waals surface area contributed by atoms with Gasteiger partial charge in [-0.2, -0.15) is 4.98 Å². The van der Waals surface area contributed by atoms with Crippen LogP contribution in [0.5, 0.6) is 0 Å². The lowest BCUT2D eigenvalue weighted by molar-refractivity contribution is 0.112. The normalized spacial score (nSPS) is 10.9. The number of fused-ring (bicyclic) bond motifs is 1. The quantitative estimate of drug-likeness (QED) is 0.659. The fourth-order valence-electron chi connectivity index (χ4n) is 2.08. The number of benzene rings is 1. The van der Waals surface area contributed by atoms with Crippen LogP contribution in [0.15, 0.2) is 35.0 Å². The maximum absolute atomic E-state index is 11.1. The van der Waals surface area contributed by atoms with Crippen LogP contribution in [0.1, 0.15) is 22.1 Å². The van der Waals surface area contributed by atoms with E-state index in [1.54, 1.807) is 13.0 Å². The molecule has 0 amide bonds. The van der Waals surface area contributed by atoms with Gasteiger partial charge in [-0.25, -0.2) is 0 Å². The number of aryl methyl sites for hydroxylation is 1. The third-order valence-electron chi connectivity index (χ3n) is 2.83. The van der Waals surface area contributed by atoms with E-state index < -0.39 is 0 Å². The van der Waals surface area contributed by atoms with E-state index in [-0.39, 0.29) is 0 Å². The average Bonchev–Trinajstić information content (AvgIpc) is 2.97. The molecule has 0 N–H and O–H groups in total. The SMILES string of the molecule is Cc1nc(Cn2ccc3cccc(C=O)c32)no1. The topological polar surface area (TPSA) is 60.9 Å². The molecule has 5 heteroatoms. The summed E-state index contributed by atoms with van der Waals surface area (Å²) in [6.07, 6.45) is 2.78. The van der Waals surface area contributed by atoms with Crippen LogP contribution in [0.25, 0.3) is 10.9 Å². The van der Waals surface area contributed by atoms with E-state index in [9.17, 15) is 4.79 Å². The Labute approximate surface area is 103 Å². The fraction of sp³-hybridized carbons (Fsp3) is 0.154. The van der Waals surface area contributed by atoms with Crippen LogP contribution in [0.3, 0.4) is 0 Å². The molecule has 2 heterocycles. The van der Waals surface area contributed by atoms with Crippen molar-refractivity contribution in [1.82, 2.24) is 14.7 Å². The van der Waals surface area contributed by atoms with E-state index in [0.717, 1.165) is 17.2 Å². The van der Waals surface area contributed by atoms with Crippen LogP contribution in [0, 0.1) is 6.92 Å². The number of nitrogens with zero attached hydrogens (tertiary/aromatic N) is 3. The number of hydrogen-bond donors (Lipinski definition) is 0. The van der Waals surface area contributed by atoms with Gasteiger partial charge in [0.15, 0.2) is 12.1 Å². The number of hydrogen-bond acceptors (Lipinski definition) is 4. The Morgan fingerprint density at radius 2 is 2.28 bits per heavy atom. The minimum atomic E-state index is 0.492. The standard InChI is InChI=1S/C13H11N3O2/c1-9-14-12(15-18-9)7-16-6-5-10-3-2-4-11(8-17)13(10)16/h2-6,8H,7H2,1H3. The van der Waals surface area contributed by atoms with Crippen molar-refractivity contribution < 1.29 is 9.32 Å². The van der Waals surface area contributed by atoms with Gasteiger partial charge in [0.1, 0.15) is 0 Å². The largest absolute Gasteiger partial charge is 0.340 e. The zero-order valence-corrected chi connectivity index (χ0v) is 9.83. The lowest BCUT2D eigenvalue weighted by Crippen LogP contribution is -2.01. The van der Waals surface area contributed by atoms with Gasteiger partial charge in [0.05, 0.1) is 12.1 Å². The highest BCUT2D eigenvalue weighted by Gasteiger charge is 2.09. The van der Waals surface area contributed by atoms with Gasteiger partial charge in [-0.15, -0.1) is 0 Å². The maximum Gasteiger partial charge on any atom is 0.223 e. The molecule has 0 saturated carbocycles. The third kappa shape index (κ3) is 1.69. The molecule has 3 aromatic rings. The second-order valence-electron chi connectivity index (χ2n) is 4.08. The van der Waals surface area contributed by atoms with Crippen LogP contribution in [-0.2, 0) is 6.54 Å². The molecule has 3 rings (SSSR count). The first-order valence-corrected chi connectivity index (χ1v) is 5.60. The first-order chi connectivity index (χ1) is 8.78. The maximum atomic E-state index is 11.1. The van der Waals surface area contributed by atoms with Gasteiger partial charge in [0.25, 0.3) is 0 Å². The summed E-state index contributed by atoms with van der Waals surface area (Å²) in [5.74, 6) is 1.14. The van der Waals surface area contributed by atoms with E-state index >= 15 is 0 Å². The zero-order valence-electron chi connectivity index (χ0n) is 9.83. The molecule has 0 saturated heterocycles. The number of carbonyl (C=O) groups excluding carboxylic acids is 1. The number of carbonyl (C=O) groups is 1. The van der Waals surface area contributed by atoms with Crippen molar-refractivity contribution in [2.45, 2.75) is 13.5 Å². The lowest BCUT2D eigenvalue weighted by atomic mass is 10.1. The van der Waals surface area contributed by atoms with Crippen molar-refractivity contribution in [3.05, 3.63) is 47.7 Å². The highest BCUT2D eigenvalue weighted by molar-refractivity contribution is 5.96. The number of aromatic nitrogens is 3. The van der Waals surface area contributed by atoms with Crippen LogP contribution in [0.2, 0.25) is 0 Å². The van der Waals surface area contributed by atoms with Gasteiger partial charge in [0.2, 0.25) is 5.89 Å². The molecule has 5 nitrogen and oxygen atoms in total. The first kappa shape index (κ1) is 10.7. The van der Waals surface area contributed by atoms with Crippen LogP contribution in [0.4, 0.5) is 0 Å². The highest BCUT2D eigenvalue weighted by atomic mass is 16.5. The van der Waals surface area contributed by atoms with E-state index in [1.165, 1.54) is 0 Å². The summed E-state index contributed by atoms with van der Waals surface area (Å²) >= 11 is 0. The molecule has 2 aromatic heterocycles. The second kappa shape index (κ2) is 4.10. The van der Waals surface area contributed by atoms with Crippen molar-refractivity contribution >= 4 is 17.2 Å². The zero-order chi connectivity index (χ0) is 12.5. The number of para-hydroxylation sites is 1. The molecule has 0 bridgehead atoms. The molecule has 18 heavy (non-hydrogen) atoms. The molecule has 0 fully saturated rings. The van der Waals surface area contributed by atoms with Crippen molar-refractivity contribution in [3.8, 4) is 0 Å². The minimum absolute atomic E-state index is 0.492. The van der Waals surface area contributed by atoms with Gasteiger partial charge in [-0.1, -0.05) is 17.3 Å². The molecule has 1 aromatic carbocycles. The predicted octanol–water partition coefficient (Wildman–Crippen LogP) is 2.19. The molecule has 0 aliphatic carbocycles. The Morgan fingerprint density at radius 1 is 1.39 bits per heavy atom. The Morgan fingerprint density at radius 3 is 3.00 bits per heavy atom. The summed E-state index contributed by atoms with van der Waals surface area (Å²) in [5.41, 5.74) is 1.56. The van der Waals surface area contributed by atoms with E-state index in [1.807, 2.05) is 29.0 Å². The van der Waals surface area contributed by atoms with Crippen LogP contribution < -0.4 is 0 Å². The number of aldehydes is 1. The summed E-state index contributed by atoms with van der Waals surface area (Å²) in [6, 6.07) is 7.61.